The third kappa shape index (κ3) is 5.55. The van der Waals surface area contributed by atoms with Gasteiger partial charge >= 0.3 is 6.18 Å². The molecule has 3 heterocycles. The predicted molar refractivity (Wildman–Crippen MR) is 93.4 cm³/mol. The van der Waals surface area contributed by atoms with Gasteiger partial charge in [-0.2, -0.15) is 18.3 Å². The third-order valence-corrected chi connectivity index (χ3v) is 5.98. The summed E-state index contributed by atoms with van der Waals surface area (Å²) in [6.45, 7) is 1.59. The van der Waals surface area contributed by atoms with Crippen molar-refractivity contribution in [2.45, 2.75) is 29.6 Å². The van der Waals surface area contributed by atoms with Crippen molar-refractivity contribution in [1.29, 1.82) is 0 Å². The number of halogens is 4. The lowest BCUT2D eigenvalue weighted by Gasteiger charge is -2.35. The smallest absolute Gasteiger partial charge is 0.379 e. The highest BCUT2D eigenvalue weighted by molar-refractivity contribution is 7.89. The van der Waals surface area contributed by atoms with Crippen LogP contribution in [0.15, 0.2) is 17.3 Å². The third-order valence-electron chi connectivity index (χ3n) is 4.60. The minimum atomic E-state index is -4.52. The van der Waals surface area contributed by atoms with Crippen molar-refractivity contribution in [2.75, 3.05) is 45.9 Å². The van der Waals surface area contributed by atoms with E-state index in [0.717, 1.165) is 6.20 Å². The summed E-state index contributed by atoms with van der Waals surface area (Å²) in [5.74, 6) is 0. The van der Waals surface area contributed by atoms with Crippen LogP contribution in [-0.2, 0) is 14.8 Å². The zero-order chi connectivity index (χ0) is 18.8. The molecule has 2 N–H and O–H groups in total. The number of piperazine rings is 1. The van der Waals surface area contributed by atoms with Crippen molar-refractivity contribution in [3.05, 3.63) is 12.4 Å². The molecule has 27 heavy (non-hydrogen) atoms. The number of hydrogen-bond donors (Lipinski definition) is 2. The molecule has 0 spiro atoms. The van der Waals surface area contributed by atoms with Crippen LogP contribution in [0.4, 0.5) is 13.2 Å². The Hall–Kier alpha value is -0.920. The van der Waals surface area contributed by atoms with E-state index in [2.05, 4.69) is 15.1 Å². The second kappa shape index (κ2) is 9.05. The van der Waals surface area contributed by atoms with E-state index in [1.165, 1.54) is 15.8 Å². The van der Waals surface area contributed by atoms with Gasteiger partial charge in [-0.1, -0.05) is 0 Å². The zero-order valence-electron chi connectivity index (χ0n) is 14.5. The van der Waals surface area contributed by atoms with Crippen molar-refractivity contribution < 1.29 is 26.3 Å². The second-order valence-corrected chi connectivity index (χ2v) is 8.14. The Labute approximate surface area is 161 Å². The first-order chi connectivity index (χ1) is 12.3. The molecular formula is C14H23ClF3N5O3S. The maximum atomic E-state index is 13.4. The van der Waals surface area contributed by atoms with Crippen molar-refractivity contribution in [2.24, 2.45) is 0 Å². The average Bonchev–Trinajstić information content (AvgIpc) is 3.26. The summed E-state index contributed by atoms with van der Waals surface area (Å²) in [6.07, 6.45) is -1.33. The lowest BCUT2D eigenvalue weighted by Crippen LogP contribution is -2.57. The summed E-state index contributed by atoms with van der Waals surface area (Å²) >= 11 is 0. The second-order valence-electron chi connectivity index (χ2n) is 6.37. The van der Waals surface area contributed by atoms with Gasteiger partial charge in [0.05, 0.1) is 18.8 Å². The standard InChI is InChI=1S/C14H22F3N5O3S.ClH/c15-14(16,17)13(21-4-2-18-3-5-21)8-20-26(23,24)12-7-19-22(9-12)11-1-6-25-10-11;/h7,9,11,13,18,20H,1-6,8,10H2;1H. The number of nitrogens with one attached hydrogen (secondary N) is 2. The lowest BCUT2D eigenvalue weighted by atomic mass is 10.2. The van der Waals surface area contributed by atoms with E-state index in [4.69, 9.17) is 4.74 Å². The van der Waals surface area contributed by atoms with E-state index in [1.807, 2.05) is 0 Å². The molecule has 0 bridgehead atoms. The first-order valence-electron chi connectivity index (χ1n) is 8.40. The van der Waals surface area contributed by atoms with E-state index in [-0.39, 0.29) is 36.4 Å². The highest BCUT2D eigenvalue weighted by Crippen LogP contribution is 2.25. The predicted octanol–water partition coefficient (Wildman–Crippen LogP) is 0.381. The first-order valence-corrected chi connectivity index (χ1v) is 9.89. The summed E-state index contributed by atoms with van der Waals surface area (Å²) < 4.78 is 73.7. The maximum Gasteiger partial charge on any atom is 0.405 e. The fraction of sp³-hybridized carbons (Fsp3) is 0.786. The van der Waals surface area contributed by atoms with Crippen LogP contribution in [0.5, 0.6) is 0 Å². The number of nitrogens with zero attached hydrogens (tertiary/aromatic N) is 3. The number of rotatable bonds is 6. The molecule has 2 unspecified atom stereocenters. The zero-order valence-corrected chi connectivity index (χ0v) is 16.1. The minimum absolute atomic E-state index is 0. The number of ether oxygens (including phenoxy) is 1. The Morgan fingerprint density at radius 1 is 1.37 bits per heavy atom. The molecule has 2 aliphatic heterocycles. The molecule has 0 amide bonds. The van der Waals surface area contributed by atoms with Crippen molar-refractivity contribution in [3.8, 4) is 0 Å². The van der Waals surface area contributed by atoms with Gasteiger partial charge in [0.15, 0.2) is 0 Å². The number of hydrogen-bond acceptors (Lipinski definition) is 6. The van der Waals surface area contributed by atoms with E-state index in [9.17, 15) is 21.6 Å². The molecule has 156 valence electrons. The summed E-state index contributed by atoms with van der Waals surface area (Å²) in [7, 11) is -4.08. The molecular weight excluding hydrogens is 411 g/mol. The molecule has 2 saturated heterocycles. The lowest BCUT2D eigenvalue weighted by molar-refractivity contribution is -0.182. The van der Waals surface area contributed by atoms with Gasteiger partial charge in [0.1, 0.15) is 10.9 Å². The number of sulfonamides is 1. The molecule has 2 fully saturated rings. The fourth-order valence-corrected chi connectivity index (χ4v) is 4.08. The van der Waals surface area contributed by atoms with Gasteiger partial charge in [0.2, 0.25) is 10.0 Å². The Bertz CT molecular complexity index is 703. The number of aromatic nitrogens is 2. The van der Waals surface area contributed by atoms with E-state index < -0.39 is 28.8 Å². The highest BCUT2D eigenvalue weighted by Gasteiger charge is 2.44. The van der Waals surface area contributed by atoms with Crippen LogP contribution < -0.4 is 10.0 Å². The minimum Gasteiger partial charge on any atom is -0.379 e. The molecule has 1 aromatic rings. The highest BCUT2D eigenvalue weighted by atomic mass is 35.5. The molecule has 1 aromatic heterocycles. The quantitative estimate of drug-likeness (QED) is 0.674. The van der Waals surface area contributed by atoms with Gasteiger partial charge in [-0.3, -0.25) is 9.58 Å². The molecule has 0 aliphatic carbocycles. The first kappa shape index (κ1) is 22.4. The molecule has 8 nitrogen and oxygen atoms in total. The van der Waals surface area contributed by atoms with Gasteiger partial charge < -0.3 is 10.1 Å². The van der Waals surface area contributed by atoms with Crippen molar-refractivity contribution in [1.82, 2.24) is 24.7 Å². The van der Waals surface area contributed by atoms with Gasteiger partial charge in [-0.05, 0) is 6.42 Å². The van der Waals surface area contributed by atoms with Crippen LogP contribution in [0, 0.1) is 0 Å². The fourth-order valence-electron chi connectivity index (χ4n) is 3.11. The Morgan fingerprint density at radius 2 is 2.07 bits per heavy atom. The SMILES string of the molecule is Cl.O=S(=O)(NCC(N1CCNCC1)C(F)(F)F)c1cnn(C2CCOC2)c1. The molecule has 0 aromatic carbocycles. The largest absolute Gasteiger partial charge is 0.405 e. The van der Waals surface area contributed by atoms with Crippen molar-refractivity contribution in [3.63, 3.8) is 0 Å². The monoisotopic (exact) mass is 433 g/mol. The normalized spacial score (nSPS) is 23.1. The van der Waals surface area contributed by atoms with E-state index in [0.29, 0.717) is 32.7 Å². The summed E-state index contributed by atoms with van der Waals surface area (Å²) in [5.41, 5.74) is 0. The summed E-state index contributed by atoms with van der Waals surface area (Å²) in [4.78, 5) is 1.10. The molecule has 0 radical (unpaired) electrons. The number of alkyl halides is 3. The molecule has 3 rings (SSSR count). The van der Waals surface area contributed by atoms with Crippen LogP contribution in [0.3, 0.4) is 0 Å². The van der Waals surface area contributed by atoms with E-state index in [1.54, 1.807) is 0 Å². The Morgan fingerprint density at radius 3 is 2.67 bits per heavy atom. The van der Waals surface area contributed by atoms with Crippen LogP contribution in [0.25, 0.3) is 0 Å². The van der Waals surface area contributed by atoms with Crippen molar-refractivity contribution >= 4 is 22.4 Å². The van der Waals surface area contributed by atoms with Gasteiger partial charge in [-0.15, -0.1) is 12.4 Å². The molecule has 0 saturated carbocycles. The maximum absolute atomic E-state index is 13.4. The topological polar surface area (TPSA) is 88.5 Å². The van der Waals surface area contributed by atoms with Crippen LogP contribution in [-0.4, -0.2) is 81.3 Å². The van der Waals surface area contributed by atoms with E-state index >= 15 is 0 Å². The van der Waals surface area contributed by atoms with Gasteiger partial charge in [0, 0.05) is 45.5 Å². The Balaban J connectivity index is 0.00000261. The average molecular weight is 434 g/mol. The summed E-state index contributed by atoms with van der Waals surface area (Å²) in [5, 5.41) is 6.99. The van der Waals surface area contributed by atoms with Crippen LogP contribution in [0.2, 0.25) is 0 Å². The van der Waals surface area contributed by atoms with Crippen LogP contribution in [0.1, 0.15) is 12.5 Å². The molecule has 2 atom stereocenters. The van der Waals surface area contributed by atoms with Gasteiger partial charge in [0.25, 0.3) is 0 Å². The van der Waals surface area contributed by atoms with Crippen LogP contribution >= 0.6 is 12.4 Å². The molecule has 13 heteroatoms. The van der Waals surface area contributed by atoms with Gasteiger partial charge in [-0.25, -0.2) is 13.1 Å². The summed E-state index contributed by atoms with van der Waals surface area (Å²) in [6, 6.07) is -1.92. The Kier molecular flexibility index (Phi) is 7.50. The molecule has 2 aliphatic rings.